The van der Waals surface area contributed by atoms with Gasteiger partial charge in [-0.15, -0.1) is 0 Å². The zero-order valence-corrected chi connectivity index (χ0v) is 17.4. The summed E-state index contributed by atoms with van der Waals surface area (Å²) < 4.78 is 7.61. The van der Waals surface area contributed by atoms with Crippen LogP contribution in [0.4, 0.5) is 0 Å². The van der Waals surface area contributed by atoms with E-state index in [4.69, 9.17) is 4.74 Å². The number of esters is 1. The fraction of sp³-hybridized carbons (Fsp3) is 0.400. The zero-order valence-electron chi connectivity index (χ0n) is 17.4. The molecule has 1 aliphatic heterocycles. The van der Waals surface area contributed by atoms with Crippen LogP contribution in [0, 0.1) is 12.8 Å². The summed E-state index contributed by atoms with van der Waals surface area (Å²) >= 11 is 0. The van der Waals surface area contributed by atoms with Crippen LogP contribution in [0.25, 0.3) is 10.9 Å². The number of rotatable bonds is 6. The molecule has 4 rings (SSSR count). The van der Waals surface area contributed by atoms with Gasteiger partial charge >= 0.3 is 5.97 Å². The van der Waals surface area contributed by atoms with Crippen molar-refractivity contribution in [3.63, 3.8) is 0 Å². The minimum absolute atomic E-state index is 0.256. The Morgan fingerprint density at radius 1 is 1.10 bits per heavy atom. The summed E-state index contributed by atoms with van der Waals surface area (Å²) in [6.45, 7) is 7.83. The minimum Gasteiger partial charge on any atom is -0.462 e. The predicted octanol–water partition coefficient (Wildman–Crippen LogP) is 4.72. The molecule has 1 N–H and O–H groups in total. The molecule has 1 aliphatic rings. The lowest BCUT2D eigenvalue weighted by atomic mass is 9.98. The average Bonchev–Trinajstić information content (AvgIpc) is 3.01. The summed E-state index contributed by atoms with van der Waals surface area (Å²) in [4.78, 5) is 11.9. The van der Waals surface area contributed by atoms with Crippen LogP contribution in [0.3, 0.4) is 0 Å². The lowest BCUT2D eigenvalue weighted by Crippen LogP contribution is -2.30. The molecule has 4 nitrogen and oxygen atoms in total. The van der Waals surface area contributed by atoms with Crippen molar-refractivity contribution in [1.29, 1.82) is 0 Å². The Hall–Kier alpha value is -2.59. The molecule has 0 radical (unpaired) electrons. The van der Waals surface area contributed by atoms with E-state index >= 15 is 0 Å². The second-order valence-corrected chi connectivity index (χ2v) is 7.98. The van der Waals surface area contributed by atoms with Crippen LogP contribution < -0.4 is 5.32 Å². The van der Waals surface area contributed by atoms with Crippen LogP contribution in [-0.2, 0) is 17.7 Å². The molecule has 0 bridgehead atoms. The number of benzene rings is 2. The molecule has 0 spiro atoms. The van der Waals surface area contributed by atoms with Gasteiger partial charge in [0.25, 0.3) is 0 Å². The van der Waals surface area contributed by atoms with Gasteiger partial charge in [0.2, 0.25) is 0 Å². The zero-order chi connectivity index (χ0) is 20.2. The Bertz CT molecular complexity index is 982. The standard InChI is InChI=1S/C25H30N2O2/c1-3-29-25(28)21-10-8-19(9-11-21)16-23-18(2)27(17-20-12-14-26-15-13-20)24-7-5-4-6-22(23)24/h4-11,20,26H,3,12-17H2,1-2H3. The van der Waals surface area contributed by atoms with E-state index in [1.165, 1.54) is 40.6 Å². The van der Waals surface area contributed by atoms with Crippen LogP contribution in [0.1, 0.15) is 46.9 Å². The molecule has 1 saturated heterocycles. The van der Waals surface area contributed by atoms with Gasteiger partial charge in [-0.3, -0.25) is 0 Å². The van der Waals surface area contributed by atoms with Crippen molar-refractivity contribution in [2.45, 2.75) is 39.7 Å². The molecule has 0 saturated carbocycles. The molecule has 2 aromatic carbocycles. The summed E-state index contributed by atoms with van der Waals surface area (Å²) in [6.07, 6.45) is 3.36. The van der Waals surface area contributed by atoms with Crippen molar-refractivity contribution in [1.82, 2.24) is 9.88 Å². The summed E-state index contributed by atoms with van der Waals surface area (Å²) in [6, 6.07) is 16.6. The normalized spacial score (nSPS) is 15.0. The Morgan fingerprint density at radius 2 is 1.83 bits per heavy atom. The number of piperidine rings is 1. The van der Waals surface area contributed by atoms with E-state index < -0.39 is 0 Å². The van der Waals surface area contributed by atoms with Crippen molar-refractivity contribution in [3.8, 4) is 0 Å². The Kier molecular flexibility index (Phi) is 6.00. The SMILES string of the molecule is CCOC(=O)c1ccc(Cc2c(C)n(CC3CCNCC3)c3ccccc23)cc1. The minimum atomic E-state index is -0.256. The van der Waals surface area contributed by atoms with Gasteiger partial charge in [0.05, 0.1) is 12.2 Å². The summed E-state index contributed by atoms with van der Waals surface area (Å²) in [7, 11) is 0. The Balaban J connectivity index is 1.62. The van der Waals surface area contributed by atoms with Gasteiger partial charge in [-0.05, 0) is 81.4 Å². The van der Waals surface area contributed by atoms with Crippen LogP contribution in [0.5, 0.6) is 0 Å². The first-order chi connectivity index (χ1) is 14.2. The van der Waals surface area contributed by atoms with E-state index in [0.717, 1.165) is 32.0 Å². The van der Waals surface area contributed by atoms with Gasteiger partial charge in [0.1, 0.15) is 0 Å². The summed E-state index contributed by atoms with van der Waals surface area (Å²) in [5.41, 5.74) is 5.91. The van der Waals surface area contributed by atoms with E-state index in [2.05, 4.69) is 41.1 Å². The molecular formula is C25H30N2O2. The number of carbonyl (C=O) groups excluding carboxylic acids is 1. The van der Waals surface area contributed by atoms with Crippen molar-refractivity contribution in [2.75, 3.05) is 19.7 Å². The third-order valence-electron chi connectivity index (χ3n) is 6.11. The van der Waals surface area contributed by atoms with Gasteiger partial charge in [0, 0.05) is 23.1 Å². The molecule has 0 amide bonds. The molecule has 3 aromatic rings. The smallest absolute Gasteiger partial charge is 0.338 e. The predicted molar refractivity (Wildman–Crippen MR) is 117 cm³/mol. The number of carbonyl (C=O) groups is 1. The van der Waals surface area contributed by atoms with E-state index in [-0.39, 0.29) is 5.97 Å². The van der Waals surface area contributed by atoms with Crippen LogP contribution in [-0.4, -0.2) is 30.2 Å². The van der Waals surface area contributed by atoms with Gasteiger partial charge in [-0.25, -0.2) is 4.79 Å². The molecule has 152 valence electrons. The Morgan fingerprint density at radius 3 is 2.55 bits per heavy atom. The van der Waals surface area contributed by atoms with E-state index in [1.807, 2.05) is 31.2 Å². The highest BCUT2D eigenvalue weighted by molar-refractivity contribution is 5.89. The van der Waals surface area contributed by atoms with Crippen LogP contribution in [0.2, 0.25) is 0 Å². The molecule has 0 unspecified atom stereocenters. The lowest BCUT2D eigenvalue weighted by molar-refractivity contribution is 0.0526. The highest BCUT2D eigenvalue weighted by Crippen LogP contribution is 2.30. The number of hydrogen-bond donors (Lipinski definition) is 1. The summed E-state index contributed by atoms with van der Waals surface area (Å²) in [5, 5.41) is 4.81. The van der Waals surface area contributed by atoms with Crippen LogP contribution in [0.15, 0.2) is 48.5 Å². The number of aromatic nitrogens is 1. The van der Waals surface area contributed by atoms with Gasteiger partial charge in [0.15, 0.2) is 0 Å². The fourth-order valence-corrected chi connectivity index (χ4v) is 4.46. The monoisotopic (exact) mass is 390 g/mol. The highest BCUT2D eigenvalue weighted by atomic mass is 16.5. The second kappa shape index (κ2) is 8.83. The maximum absolute atomic E-state index is 11.9. The number of nitrogens with one attached hydrogen (secondary N) is 1. The second-order valence-electron chi connectivity index (χ2n) is 7.98. The van der Waals surface area contributed by atoms with E-state index in [9.17, 15) is 4.79 Å². The molecule has 29 heavy (non-hydrogen) atoms. The molecule has 0 atom stereocenters. The van der Waals surface area contributed by atoms with Crippen molar-refractivity contribution >= 4 is 16.9 Å². The maximum atomic E-state index is 11.9. The van der Waals surface area contributed by atoms with Crippen molar-refractivity contribution in [3.05, 3.63) is 70.9 Å². The van der Waals surface area contributed by atoms with E-state index in [0.29, 0.717) is 12.2 Å². The van der Waals surface area contributed by atoms with Crippen molar-refractivity contribution in [2.24, 2.45) is 5.92 Å². The molecular weight excluding hydrogens is 360 g/mol. The third kappa shape index (κ3) is 4.23. The molecule has 0 aliphatic carbocycles. The summed E-state index contributed by atoms with van der Waals surface area (Å²) in [5.74, 6) is 0.483. The van der Waals surface area contributed by atoms with Gasteiger partial charge < -0.3 is 14.6 Å². The number of nitrogens with zero attached hydrogens (tertiary/aromatic N) is 1. The Labute approximate surface area is 172 Å². The maximum Gasteiger partial charge on any atom is 0.338 e. The molecule has 2 heterocycles. The number of hydrogen-bond acceptors (Lipinski definition) is 3. The first-order valence-electron chi connectivity index (χ1n) is 10.7. The topological polar surface area (TPSA) is 43.3 Å². The first kappa shape index (κ1) is 19.7. The van der Waals surface area contributed by atoms with Gasteiger partial charge in [-0.1, -0.05) is 30.3 Å². The van der Waals surface area contributed by atoms with E-state index in [1.54, 1.807) is 0 Å². The molecule has 1 fully saturated rings. The lowest BCUT2D eigenvalue weighted by Gasteiger charge is -2.24. The average molecular weight is 391 g/mol. The number of para-hydroxylation sites is 1. The first-order valence-corrected chi connectivity index (χ1v) is 10.7. The van der Waals surface area contributed by atoms with Crippen LogP contribution >= 0.6 is 0 Å². The molecule has 4 heteroatoms. The quantitative estimate of drug-likeness (QED) is 0.620. The number of fused-ring (bicyclic) bond motifs is 1. The van der Waals surface area contributed by atoms with Gasteiger partial charge in [-0.2, -0.15) is 0 Å². The highest BCUT2D eigenvalue weighted by Gasteiger charge is 2.19. The molecule has 1 aromatic heterocycles. The van der Waals surface area contributed by atoms with Crippen molar-refractivity contribution < 1.29 is 9.53 Å². The largest absolute Gasteiger partial charge is 0.462 e. The number of ether oxygens (including phenoxy) is 1. The third-order valence-corrected chi connectivity index (χ3v) is 6.11. The fourth-order valence-electron chi connectivity index (χ4n) is 4.46.